The molecule has 3 nitrogen and oxygen atoms in total. The van der Waals surface area contributed by atoms with E-state index in [0.29, 0.717) is 0 Å². The van der Waals surface area contributed by atoms with Crippen molar-refractivity contribution in [2.45, 2.75) is 6.54 Å². The lowest BCUT2D eigenvalue weighted by atomic mass is 10.3. The van der Waals surface area contributed by atoms with Crippen LogP contribution >= 0.6 is 15.9 Å². The molecule has 0 radical (unpaired) electrons. The predicted molar refractivity (Wildman–Crippen MR) is 53.3 cm³/mol. The zero-order chi connectivity index (χ0) is 8.97. The Hall–Kier alpha value is -0.350. The number of nitrogens with zero attached hydrogens (tertiary/aromatic N) is 3. The van der Waals surface area contributed by atoms with Crippen LogP contribution in [0.2, 0.25) is 0 Å². The summed E-state index contributed by atoms with van der Waals surface area (Å²) < 4.78 is 1.83. The molecule has 0 saturated heterocycles. The van der Waals surface area contributed by atoms with Gasteiger partial charge >= 0.3 is 0 Å². The average molecular weight is 232 g/mol. The number of aryl methyl sites for hydroxylation is 1. The lowest BCUT2D eigenvalue weighted by Gasteiger charge is -2.12. The van der Waals surface area contributed by atoms with Gasteiger partial charge in [0.15, 0.2) is 0 Å². The Kier molecular flexibility index (Phi) is 3.75. The summed E-state index contributed by atoms with van der Waals surface area (Å²) in [6.07, 6.45) is 3.95. The molecule has 1 rings (SSSR count). The molecule has 0 amide bonds. The van der Waals surface area contributed by atoms with Gasteiger partial charge in [-0.2, -0.15) is 5.10 Å². The maximum absolute atomic E-state index is 4.11. The topological polar surface area (TPSA) is 21.1 Å². The summed E-state index contributed by atoms with van der Waals surface area (Å²) in [4.78, 5) is 2.26. The predicted octanol–water partition coefficient (Wildman–Crippen LogP) is 1.25. The van der Waals surface area contributed by atoms with E-state index in [1.165, 1.54) is 5.56 Å². The van der Waals surface area contributed by atoms with Crippen LogP contribution in [0.5, 0.6) is 0 Å². The van der Waals surface area contributed by atoms with Gasteiger partial charge in [0.1, 0.15) is 0 Å². The molecule has 12 heavy (non-hydrogen) atoms. The molecule has 0 aliphatic carbocycles. The van der Waals surface area contributed by atoms with E-state index in [1.807, 2.05) is 24.1 Å². The van der Waals surface area contributed by atoms with Crippen LogP contribution in [0.1, 0.15) is 5.56 Å². The molecule has 1 aromatic rings. The van der Waals surface area contributed by atoms with Crippen LogP contribution in [-0.2, 0) is 13.6 Å². The fraction of sp³-hybridized carbons (Fsp3) is 0.625. The van der Waals surface area contributed by atoms with E-state index in [9.17, 15) is 0 Å². The second kappa shape index (κ2) is 4.62. The first-order chi connectivity index (χ1) is 5.72. The average Bonchev–Trinajstić information content (AvgIpc) is 2.36. The van der Waals surface area contributed by atoms with Crippen molar-refractivity contribution in [2.24, 2.45) is 7.05 Å². The van der Waals surface area contributed by atoms with Gasteiger partial charge in [-0.1, -0.05) is 15.9 Å². The minimum absolute atomic E-state index is 0.972. The fourth-order valence-electron chi connectivity index (χ4n) is 1.09. The molecule has 0 aliphatic rings. The van der Waals surface area contributed by atoms with Gasteiger partial charge in [-0.05, 0) is 7.05 Å². The monoisotopic (exact) mass is 231 g/mol. The standard InChI is InChI=1S/C8H14BrN3/c1-11(4-3-9)6-8-5-10-12(2)7-8/h5,7H,3-4,6H2,1-2H3. The molecule has 1 aromatic heterocycles. The lowest BCUT2D eigenvalue weighted by Crippen LogP contribution is -2.19. The summed E-state index contributed by atoms with van der Waals surface area (Å²) >= 11 is 3.41. The first-order valence-electron chi connectivity index (χ1n) is 3.94. The van der Waals surface area contributed by atoms with Crippen molar-refractivity contribution in [3.63, 3.8) is 0 Å². The zero-order valence-corrected chi connectivity index (χ0v) is 9.08. The summed E-state index contributed by atoms with van der Waals surface area (Å²) in [6, 6.07) is 0. The second-order valence-corrected chi connectivity index (χ2v) is 3.74. The third kappa shape index (κ3) is 2.95. The Morgan fingerprint density at radius 2 is 2.42 bits per heavy atom. The van der Waals surface area contributed by atoms with E-state index in [2.05, 4.69) is 33.0 Å². The minimum Gasteiger partial charge on any atom is -0.301 e. The van der Waals surface area contributed by atoms with Crippen molar-refractivity contribution in [3.05, 3.63) is 18.0 Å². The zero-order valence-electron chi connectivity index (χ0n) is 7.50. The van der Waals surface area contributed by atoms with Crippen LogP contribution in [0.3, 0.4) is 0 Å². The van der Waals surface area contributed by atoms with E-state index < -0.39 is 0 Å². The van der Waals surface area contributed by atoms with Gasteiger partial charge in [-0.3, -0.25) is 4.68 Å². The molecule has 0 bridgehead atoms. The maximum Gasteiger partial charge on any atom is 0.0534 e. The van der Waals surface area contributed by atoms with Crippen LogP contribution in [0.15, 0.2) is 12.4 Å². The Labute approximate surface area is 81.5 Å². The second-order valence-electron chi connectivity index (χ2n) is 2.95. The van der Waals surface area contributed by atoms with Gasteiger partial charge in [0.2, 0.25) is 0 Å². The number of aromatic nitrogens is 2. The van der Waals surface area contributed by atoms with E-state index in [0.717, 1.165) is 18.4 Å². The summed E-state index contributed by atoms with van der Waals surface area (Å²) in [5.74, 6) is 0. The summed E-state index contributed by atoms with van der Waals surface area (Å²) in [5, 5.41) is 5.13. The molecule has 4 heteroatoms. The summed E-state index contributed by atoms with van der Waals surface area (Å²) in [7, 11) is 4.04. The Morgan fingerprint density at radius 1 is 1.67 bits per heavy atom. The van der Waals surface area contributed by atoms with Gasteiger partial charge in [-0.15, -0.1) is 0 Å². The molecule has 0 N–H and O–H groups in total. The largest absolute Gasteiger partial charge is 0.301 e. The molecule has 0 aromatic carbocycles. The van der Waals surface area contributed by atoms with E-state index in [1.54, 1.807) is 0 Å². The van der Waals surface area contributed by atoms with Gasteiger partial charge in [0.05, 0.1) is 6.20 Å². The van der Waals surface area contributed by atoms with Crippen LogP contribution < -0.4 is 0 Å². The van der Waals surface area contributed by atoms with Crippen LogP contribution in [-0.4, -0.2) is 33.6 Å². The van der Waals surface area contributed by atoms with Crippen LogP contribution in [0.25, 0.3) is 0 Å². The number of alkyl halides is 1. The number of hydrogen-bond donors (Lipinski definition) is 0. The van der Waals surface area contributed by atoms with E-state index >= 15 is 0 Å². The minimum atomic E-state index is 0.972. The fourth-order valence-corrected chi connectivity index (χ4v) is 1.69. The number of hydrogen-bond acceptors (Lipinski definition) is 2. The van der Waals surface area contributed by atoms with Crippen LogP contribution in [0.4, 0.5) is 0 Å². The van der Waals surface area contributed by atoms with Gasteiger partial charge < -0.3 is 4.90 Å². The highest BCUT2D eigenvalue weighted by Gasteiger charge is 2.00. The highest BCUT2D eigenvalue weighted by atomic mass is 79.9. The van der Waals surface area contributed by atoms with Gasteiger partial charge in [0.25, 0.3) is 0 Å². The van der Waals surface area contributed by atoms with Gasteiger partial charge in [0, 0.05) is 37.2 Å². The summed E-state index contributed by atoms with van der Waals surface area (Å²) in [5.41, 5.74) is 1.26. The van der Waals surface area contributed by atoms with Gasteiger partial charge in [-0.25, -0.2) is 0 Å². The van der Waals surface area contributed by atoms with E-state index in [4.69, 9.17) is 0 Å². The van der Waals surface area contributed by atoms with Crippen molar-refractivity contribution in [1.82, 2.24) is 14.7 Å². The molecular formula is C8H14BrN3. The van der Waals surface area contributed by atoms with E-state index in [-0.39, 0.29) is 0 Å². The first-order valence-corrected chi connectivity index (χ1v) is 5.06. The highest BCUT2D eigenvalue weighted by Crippen LogP contribution is 2.00. The quantitative estimate of drug-likeness (QED) is 0.728. The molecule has 0 saturated carbocycles. The van der Waals surface area contributed by atoms with Crippen molar-refractivity contribution >= 4 is 15.9 Å². The first kappa shape index (κ1) is 9.74. The highest BCUT2D eigenvalue weighted by molar-refractivity contribution is 9.09. The lowest BCUT2D eigenvalue weighted by molar-refractivity contribution is 0.349. The Balaban J connectivity index is 2.41. The molecule has 0 unspecified atom stereocenters. The SMILES string of the molecule is CN(CCBr)Cc1cnn(C)c1. The summed E-state index contributed by atoms with van der Waals surface area (Å²) in [6.45, 7) is 2.04. The third-order valence-electron chi connectivity index (χ3n) is 1.68. The Bertz CT molecular complexity index is 234. The normalized spacial score (nSPS) is 11.0. The smallest absolute Gasteiger partial charge is 0.0534 e. The Morgan fingerprint density at radius 3 is 2.92 bits per heavy atom. The molecule has 0 spiro atoms. The molecule has 68 valence electrons. The molecule has 0 fully saturated rings. The van der Waals surface area contributed by atoms with Crippen molar-refractivity contribution < 1.29 is 0 Å². The van der Waals surface area contributed by atoms with Crippen LogP contribution in [0, 0.1) is 0 Å². The maximum atomic E-state index is 4.11. The number of rotatable bonds is 4. The molecule has 0 atom stereocenters. The van der Waals surface area contributed by atoms with Crippen molar-refractivity contribution in [3.8, 4) is 0 Å². The molecule has 1 heterocycles. The van der Waals surface area contributed by atoms with Crippen molar-refractivity contribution in [2.75, 3.05) is 18.9 Å². The van der Waals surface area contributed by atoms with Crippen molar-refractivity contribution in [1.29, 1.82) is 0 Å². The molecule has 0 aliphatic heterocycles. The third-order valence-corrected chi connectivity index (χ3v) is 2.03. The molecular weight excluding hydrogens is 218 g/mol. The number of halogens is 1.